The molecule has 0 saturated carbocycles. The molecule has 2 aromatic carbocycles. The van der Waals surface area contributed by atoms with Gasteiger partial charge in [-0.15, -0.1) is 0 Å². The molecule has 4 nitrogen and oxygen atoms in total. The van der Waals surface area contributed by atoms with E-state index in [-0.39, 0.29) is 0 Å². The van der Waals surface area contributed by atoms with E-state index < -0.39 is 0 Å². The lowest BCUT2D eigenvalue weighted by Crippen LogP contribution is -1.89. The summed E-state index contributed by atoms with van der Waals surface area (Å²) in [6.45, 7) is 0. The Bertz CT molecular complexity index is 1050. The van der Waals surface area contributed by atoms with Crippen LogP contribution in [0, 0.1) is 0 Å². The van der Waals surface area contributed by atoms with Gasteiger partial charge in [0.2, 0.25) is 0 Å². The number of rotatable bonds is 4. The summed E-state index contributed by atoms with van der Waals surface area (Å²) in [6, 6.07) is 11.5. The fourth-order valence-corrected chi connectivity index (χ4v) is 4.61. The molecule has 0 amide bonds. The monoisotopic (exact) mass is 348 g/mol. The second kappa shape index (κ2) is 5.93. The Morgan fingerprint density at radius 2 is 1.20 bits per heavy atom. The lowest BCUT2D eigenvalue weighted by Gasteiger charge is -2.01. The Labute approximate surface area is 149 Å². The van der Waals surface area contributed by atoms with Crippen LogP contribution >= 0.6 is 11.8 Å². The number of hydrogen-bond acceptors (Lipinski definition) is 3. The zero-order valence-corrected chi connectivity index (χ0v) is 14.7. The molecule has 0 aliphatic carbocycles. The molecule has 25 heavy (non-hydrogen) atoms. The van der Waals surface area contributed by atoms with Gasteiger partial charge in [-0.3, -0.25) is 9.59 Å². The SMILES string of the molecule is Cn1cc(Sc2cn(C)c3c(C=O)cccc23)c2cccc(C=O)c21. The summed E-state index contributed by atoms with van der Waals surface area (Å²) >= 11 is 1.65. The number of carbonyl (C=O) groups is 2. The second-order valence-electron chi connectivity index (χ2n) is 6.03. The van der Waals surface area contributed by atoms with Gasteiger partial charge in [0, 0.05) is 58.2 Å². The molecule has 4 rings (SSSR count). The topological polar surface area (TPSA) is 44.0 Å². The second-order valence-corrected chi connectivity index (χ2v) is 7.12. The van der Waals surface area contributed by atoms with Crippen LogP contribution < -0.4 is 0 Å². The van der Waals surface area contributed by atoms with E-state index in [9.17, 15) is 9.59 Å². The van der Waals surface area contributed by atoms with Crippen molar-refractivity contribution >= 4 is 46.1 Å². The minimum absolute atomic E-state index is 0.688. The highest BCUT2D eigenvalue weighted by atomic mass is 32.2. The third-order valence-corrected chi connectivity index (χ3v) is 5.56. The molecule has 0 spiro atoms. The van der Waals surface area contributed by atoms with Crippen LogP contribution in [0.4, 0.5) is 0 Å². The first-order valence-corrected chi connectivity index (χ1v) is 8.70. The van der Waals surface area contributed by atoms with Crippen LogP contribution in [0.2, 0.25) is 0 Å². The van der Waals surface area contributed by atoms with Crippen molar-refractivity contribution in [2.75, 3.05) is 0 Å². The summed E-state index contributed by atoms with van der Waals surface area (Å²) in [6.07, 6.45) is 5.88. The van der Waals surface area contributed by atoms with Crippen LogP contribution in [0.1, 0.15) is 20.7 Å². The average molecular weight is 348 g/mol. The molecule has 0 fully saturated rings. The largest absolute Gasteiger partial charge is 0.349 e. The van der Waals surface area contributed by atoms with Gasteiger partial charge >= 0.3 is 0 Å². The number of carbonyl (C=O) groups excluding carboxylic acids is 2. The molecule has 0 atom stereocenters. The maximum atomic E-state index is 11.3. The van der Waals surface area contributed by atoms with Crippen molar-refractivity contribution < 1.29 is 9.59 Å². The van der Waals surface area contributed by atoms with E-state index in [1.54, 1.807) is 11.8 Å². The van der Waals surface area contributed by atoms with Crippen molar-refractivity contribution in [3.05, 3.63) is 59.9 Å². The first kappa shape index (κ1) is 15.7. The lowest BCUT2D eigenvalue weighted by atomic mass is 10.1. The Kier molecular flexibility index (Phi) is 3.73. The van der Waals surface area contributed by atoms with Crippen LogP contribution in [0.25, 0.3) is 21.8 Å². The highest BCUT2D eigenvalue weighted by Crippen LogP contribution is 2.39. The van der Waals surface area contributed by atoms with Gasteiger partial charge < -0.3 is 9.13 Å². The highest BCUT2D eigenvalue weighted by molar-refractivity contribution is 7.99. The highest BCUT2D eigenvalue weighted by Gasteiger charge is 2.15. The van der Waals surface area contributed by atoms with E-state index in [2.05, 4.69) is 0 Å². The lowest BCUT2D eigenvalue weighted by molar-refractivity contribution is 0.111. The summed E-state index contributed by atoms with van der Waals surface area (Å²) in [4.78, 5) is 24.8. The van der Waals surface area contributed by atoms with Crippen molar-refractivity contribution in [1.82, 2.24) is 9.13 Å². The van der Waals surface area contributed by atoms with Gasteiger partial charge in [-0.25, -0.2) is 0 Å². The summed E-state index contributed by atoms with van der Waals surface area (Å²) in [5.41, 5.74) is 3.25. The molecule has 0 unspecified atom stereocenters. The first-order chi connectivity index (χ1) is 12.1. The zero-order valence-electron chi connectivity index (χ0n) is 13.9. The zero-order chi connectivity index (χ0) is 17.6. The minimum atomic E-state index is 0.688. The van der Waals surface area contributed by atoms with E-state index in [4.69, 9.17) is 0 Å². The molecule has 0 bridgehead atoms. The molecular weight excluding hydrogens is 332 g/mol. The number of aromatic nitrogens is 2. The molecule has 4 aromatic rings. The summed E-state index contributed by atoms with van der Waals surface area (Å²) in [5, 5.41) is 2.11. The van der Waals surface area contributed by atoms with Gasteiger partial charge in [0.1, 0.15) is 0 Å². The van der Waals surface area contributed by atoms with Gasteiger partial charge in [-0.1, -0.05) is 36.0 Å². The van der Waals surface area contributed by atoms with Crippen molar-refractivity contribution in [1.29, 1.82) is 0 Å². The molecule has 0 aliphatic rings. The number of aryl methyl sites for hydroxylation is 2. The molecule has 0 radical (unpaired) electrons. The van der Waals surface area contributed by atoms with Crippen molar-refractivity contribution in [3.63, 3.8) is 0 Å². The Hall–Kier alpha value is -2.79. The van der Waals surface area contributed by atoms with Crippen LogP contribution in [0.3, 0.4) is 0 Å². The summed E-state index contributed by atoms with van der Waals surface area (Å²) in [7, 11) is 3.90. The Balaban J connectivity index is 1.90. The van der Waals surface area contributed by atoms with E-state index >= 15 is 0 Å². The molecule has 0 aliphatic heterocycles. The number of fused-ring (bicyclic) bond motifs is 2. The normalized spacial score (nSPS) is 11.3. The fraction of sp³-hybridized carbons (Fsp3) is 0.100. The van der Waals surface area contributed by atoms with Crippen molar-refractivity contribution in [2.24, 2.45) is 14.1 Å². The van der Waals surface area contributed by atoms with Gasteiger partial charge in [-0.2, -0.15) is 0 Å². The predicted molar refractivity (Wildman–Crippen MR) is 101 cm³/mol. The van der Waals surface area contributed by atoms with E-state index in [1.807, 2.05) is 72.0 Å². The summed E-state index contributed by atoms with van der Waals surface area (Å²) < 4.78 is 3.98. The molecular formula is C20H16N2O2S. The third kappa shape index (κ3) is 2.39. The van der Waals surface area contributed by atoms with Gasteiger partial charge in [0.25, 0.3) is 0 Å². The quantitative estimate of drug-likeness (QED) is 0.512. The van der Waals surface area contributed by atoms with Gasteiger partial charge in [0.05, 0.1) is 11.0 Å². The molecule has 5 heteroatoms. The molecule has 2 heterocycles. The van der Waals surface area contributed by atoms with E-state index in [0.29, 0.717) is 11.1 Å². The minimum Gasteiger partial charge on any atom is -0.349 e. The number of aldehydes is 2. The molecule has 124 valence electrons. The standard InChI is InChI=1S/C20H16N2O2S/c1-21-9-17(15-7-3-5-13(11-23)19(15)21)25-18-10-22(2)20-14(12-24)6-4-8-16(18)20/h3-12H,1-2H3. The molecule has 0 N–H and O–H groups in total. The first-order valence-electron chi connectivity index (χ1n) is 7.88. The average Bonchev–Trinajstić information content (AvgIpc) is 3.13. The van der Waals surface area contributed by atoms with Crippen LogP contribution in [0.5, 0.6) is 0 Å². The van der Waals surface area contributed by atoms with Crippen LogP contribution in [0.15, 0.2) is 58.6 Å². The maximum absolute atomic E-state index is 11.3. The van der Waals surface area contributed by atoms with Gasteiger partial charge in [-0.05, 0) is 12.1 Å². The fourth-order valence-electron chi connectivity index (χ4n) is 3.40. The van der Waals surface area contributed by atoms with Crippen molar-refractivity contribution in [3.8, 4) is 0 Å². The molecule has 0 saturated heterocycles. The van der Waals surface area contributed by atoms with E-state index in [0.717, 1.165) is 44.2 Å². The Morgan fingerprint density at radius 1 is 0.760 bits per heavy atom. The van der Waals surface area contributed by atoms with Crippen LogP contribution in [-0.2, 0) is 14.1 Å². The predicted octanol–water partition coefficient (Wildman–Crippen LogP) is 4.45. The number of para-hydroxylation sites is 2. The smallest absolute Gasteiger partial charge is 0.152 e. The summed E-state index contributed by atoms with van der Waals surface area (Å²) in [5.74, 6) is 0. The van der Waals surface area contributed by atoms with Crippen molar-refractivity contribution in [2.45, 2.75) is 9.79 Å². The van der Waals surface area contributed by atoms with E-state index in [1.165, 1.54) is 0 Å². The number of nitrogens with zero attached hydrogens (tertiary/aromatic N) is 2. The number of hydrogen-bond donors (Lipinski definition) is 0. The van der Waals surface area contributed by atoms with Crippen LogP contribution in [-0.4, -0.2) is 21.7 Å². The maximum Gasteiger partial charge on any atom is 0.152 e. The number of benzene rings is 2. The third-order valence-electron chi connectivity index (χ3n) is 4.47. The Morgan fingerprint density at radius 3 is 1.60 bits per heavy atom. The molecule has 2 aromatic heterocycles. The van der Waals surface area contributed by atoms with Gasteiger partial charge in [0.15, 0.2) is 12.6 Å².